The maximum absolute atomic E-state index is 10.7. The first-order chi connectivity index (χ1) is 15.7. The van der Waals surface area contributed by atoms with Crippen molar-refractivity contribution < 1.29 is 35.0 Å². The van der Waals surface area contributed by atoms with E-state index in [2.05, 4.69) is 19.1 Å². The predicted octanol–water partition coefficient (Wildman–Crippen LogP) is 1.91. The Hall–Kier alpha value is -1.55. The quantitative estimate of drug-likeness (QED) is 0.372. The third-order valence-electron chi connectivity index (χ3n) is 5.95. The zero-order valence-electron chi connectivity index (χ0n) is 18.9. The van der Waals surface area contributed by atoms with Crippen molar-refractivity contribution in [3.63, 3.8) is 0 Å². The van der Waals surface area contributed by atoms with Gasteiger partial charge in [-0.1, -0.05) is 48.9 Å². The molecule has 1 saturated heterocycles. The van der Waals surface area contributed by atoms with Crippen LogP contribution >= 0.6 is 11.6 Å². The van der Waals surface area contributed by atoms with Gasteiger partial charge in [-0.3, -0.25) is 0 Å². The van der Waals surface area contributed by atoms with Crippen molar-refractivity contribution in [1.82, 2.24) is 0 Å². The molecule has 3 rings (SSSR count). The van der Waals surface area contributed by atoms with Crippen molar-refractivity contribution in [2.75, 3.05) is 13.2 Å². The second-order valence-corrected chi connectivity index (χ2v) is 9.01. The molecule has 1 unspecified atom stereocenters. The molecule has 0 aromatic heterocycles. The van der Waals surface area contributed by atoms with Gasteiger partial charge in [-0.2, -0.15) is 0 Å². The molecule has 0 aliphatic carbocycles. The minimum atomic E-state index is -1.49. The van der Waals surface area contributed by atoms with Crippen molar-refractivity contribution in [2.45, 2.75) is 69.9 Å². The molecule has 0 radical (unpaired) electrons. The van der Waals surface area contributed by atoms with E-state index in [1.165, 1.54) is 5.56 Å². The topological polar surface area (TPSA) is 120 Å². The Bertz CT molecular complexity index is 900. The van der Waals surface area contributed by atoms with Crippen LogP contribution in [0.2, 0.25) is 5.02 Å². The molecule has 0 amide bonds. The highest BCUT2D eigenvalue weighted by Crippen LogP contribution is 2.37. The van der Waals surface area contributed by atoms with Crippen molar-refractivity contribution in [3.05, 3.63) is 69.2 Å². The molecule has 8 heteroatoms. The summed E-state index contributed by atoms with van der Waals surface area (Å²) < 4.78 is 11.4. The van der Waals surface area contributed by atoms with E-state index in [0.29, 0.717) is 22.6 Å². The highest BCUT2D eigenvalue weighted by molar-refractivity contribution is 6.31. The summed E-state index contributed by atoms with van der Waals surface area (Å²) in [6.45, 7) is 3.40. The van der Waals surface area contributed by atoms with E-state index in [-0.39, 0.29) is 13.2 Å². The van der Waals surface area contributed by atoms with Crippen LogP contribution in [0.25, 0.3) is 0 Å². The zero-order valence-corrected chi connectivity index (χ0v) is 19.7. The van der Waals surface area contributed by atoms with Crippen LogP contribution in [0, 0.1) is 0 Å². The third-order valence-corrected chi connectivity index (χ3v) is 6.30. The summed E-state index contributed by atoms with van der Waals surface area (Å²) in [5.41, 5.74) is 4.26. The Balaban J connectivity index is 1.97. The van der Waals surface area contributed by atoms with Crippen molar-refractivity contribution in [3.8, 4) is 0 Å². The molecule has 1 heterocycles. The lowest BCUT2D eigenvalue weighted by Crippen LogP contribution is -2.55. The number of aliphatic hydroxyl groups is 5. The molecule has 33 heavy (non-hydrogen) atoms. The fraction of sp³-hybridized carbons (Fsp3) is 0.520. The largest absolute Gasteiger partial charge is 0.394 e. The van der Waals surface area contributed by atoms with Gasteiger partial charge in [0.25, 0.3) is 0 Å². The summed E-state index contributed by atoms with van der Waals surface area (Å²) in [5, 5.41) is 50.8. The molecule has 1 aliphatic rings. The van der Waals surface area contributed by atoms with Gasteiger partial charge in [0.15, 0.2) is 0 Å². The zero-order chi connectivity index (χ0) is 24.1. The van der Waals surface area contributed by atoms with Crippen LogP contribution in [0.1, 0.15) is 47.8 Å². The molecule has 6 atom stereocenters. The van der Waals surface area contributed by atoms with E-state index in [1.807, 2.05) is 18.2 Å². The van der Waals surface area contributed by atoms with E-state index in [4.69, 9.17) is 21.1 Å². The van der Waals surface area contributed by atoms with Gasteiger partial charge in [-0.15, -0.1) is 0 Å². The highest BCUT2D eigenvalue weighted by Gasteiger charge is 2.44. The summed E-state index contributed by atoms with van der Waals surface area (Å²) in [7, 11) is 0. The van der Waals surface area contributed by atoms with Crippen LogP contribution in [0.3, 0.4) is 0 Å². The minimum Gasteiger partial charge on any atom is -0.394 e. The third kappa shape index (κ3) is 6.32. The molecule has 7 nitrogen and oxygen atoms in total. The summed E-state index contributed by atoms with van der Waals surface area (Å²) in [4.78, 5) is 0. The van der Waals surface area contributed by atoms with Gasteiger partial charge >= 0.3 is 0 Å². The van der Waals surface area contributed by atoms with Crippen LogP contribution in [0.15, 0.2) is 36.4 Å². The van der Waals surface area contributed by atoms with Crippen molar-refractivity contribution >= 4 is 11.6 Å². The number of halogens is 1. The Morgan fingerprint density at radius 3 is 2.27 bits per heavy atom. The average molecular weight is 481 g/mol. The normalized spacial score (nSPS) is 26.4. The number of hydrogen-bond donors (Lipinski definition) is 5. The first kappa shape index (κ1) is 26.1. The van der Waals surface area contributed by atoms with Crippen LogP contribution in [-0.2, 0) is 28.9 Å². The first-order valence-corrected chi connectivity index (χ1v) is 11.6. The minimum absolute atomic E-state index is 0.0977. The van der Waals surface area contributed by atoms with E-state index in [9.17, 15) is 25.5 Å². The van der Waals surface area contributed by atoms with E-state index >= 15 is 0 Å². The molecular formula is C25H33ClO7. The molecule has 2 aromatic rings. The van der Waals surface area contributed by atoms with Crippen LogP contribution in [0.4, 0.5) is 0 Å². The fourth-order valence-electron chi connectivity index (χ4n) is 4.01. The van der Waals surface area contributed by atoms with Gasteiger partial charge in [0, 0.05) is 5.02 Å². The molecule has 182 valence electrons. The molecule has 0 bridgehead atoms. The molecule has 2 aromatic carbocycles. The molecule has 1 fully saturated rings. The maximum Gasteiger partial charge on any atom is 0.113 e. The smallest absolute Gasteiger partial charge is 0.113 e. The van der Waals surface area contributed by atoms with Crippen LogP contribution in [-0.4, -0.2) is 69.3 Å². The Labute approximate surface area is 199 Å². The number of hydrogen-bond acceptors (Lipinski definition) is 7. The number of aryl methyl sites for hydroxylation is 1. The van der Waals surface area contributed by atoms with Gasteiger partial charge in [0.2, 0.25) is 0 Å². The highest BCUT2D eigenvalue weighted by atomic mass is 35.5. The van der Waals surface area contributed by atoms with Crippen LogP contribution in [0.5, 0.6) is 0 Å². The number of aliphatic hydroxyl groups excluding tert-OH is 5. The standard InChI is InChI=1S/C25H33ClO7/c1-3-15-4-6-16(7-5-15)8-17-9-19(18(10-20(17)26)13-32-12-14(2)28)25-24(31)23(30)22(29)21(11-27)33-25/h4-7,9-10,14,21-25,27-31H,3,8,11-13H2,1-2H3/t14?,21-,22-,23+,24-,25+/m1/s1. The number of ether oxygens (including phenoxy) is 2. The number of rotatable bonds is 9. The first-order valence-electron chi connectivity index (χ1n) is 11.2. The molecule has 0 spiro atoms. The van der Waals surface area contributed by atoms with Crippen molar-refractivity contribution in [1.29, 1.82) is 0 Å². The van der Waals surface area contributed by atoms with Crippen molar-refractivity contribution in [2.24, 2.45) is 0 Å². The lowest BCUT2D eigenvalue weighted by Gasteiger charge is -2.41. The molecule has 1 aliphatic heterocycles. The Morgan fingerprint density at radius 2 is 1.67 bits per heavy atom. The monoisotopic (exact) mass is 480 g/mol. The summed E-state index contributed by atoms with van der Waals surface area (Å²) in [6.07, 6.45) is -5.55. The number of benzene rings is 2. The van der Waals surface area contributed by atoms with E-state index in [0.717, 1.165) is 17.5 Å². The lowest BCUT2D eigenvalue weighted by molar-refractivity contribution is -0.232. The fourth-order valence-corrected chi connectivity index (χ4v) is 4.27. The molecule has 5 N–H and O–H groups in total. The second-order valence-electron chi connectivity index (χ2n) is 8.60. The molecular weight excluding hydrogens is 448 g/mol. The van der Waals surface area contributed by atoms with E-state index < -0.39 is 43.2 Å². The summed E-state index contributed by atoms with van der Waals surface area (Å²) in [6, 6.07) is 11.8. The maximum atomic E-state index is 10.7. The van der Waals surface area contributed by atoms with E-state index in [1.54, 1.807) is 13.0 Å². The predicted molar refractivity (Wildman–Crippen MR) is 124 cm³/mol. The SMILES string of the molecule is CCc1ccc(Cc2cc([C@@H]3O[C@H](CO)[C@@H](O)[C@H](O)[C@H]3O)c(COCC(C)O)cc2Cl)cc1. The molecule has 0 saturated carbocycles. The van der Waals surface area contributed by atoms with Crippen LogP contribution < -0.4 is 0 Å². The van der Waals surface area contributed by atoms with Gasteiger partial charge in [-0.25, -0.2) is 0 Å². The Kier molecular flexibility index (Phi) is 9.26. The average Bonchev–Trinajstić information content (AvgIpc) is 2.80. The summed E-state index contributed by atoms with van der Waals surface area (Å²) in [5.74, 6) is 0. The van der Waals surface area contributed by atoms with Gasteiger partial charge in [0.1, 0.15) is 30.5 Å². The summed E-state index contributed by atoms with van der Waals surface area (Å²) >= 11 is 6.60. The van der Waals surface area contributed by atoms with Gasteiger partial charge in [0.05, 0.1) is 25.9 Å². The van der Waals surface area contributed by atoms with Gasteiger partial charge in [-0.05, 0) is 53.6 Å². The lowest BCUT2D eigenvalue weighted by atomic mass is 9.87. The van der Waals surface area contributed by atoms with Gasteiger partial charge < -0.3 is 35.0 Å². The second kappa shape index (κ2) is 11.7. The Morgan fingerprint density at radius 1 is 1.00 bits per heavy atom.